The molecule has 2 aliphatic rings. The molecule has 20 heavy (non-hydrogen) atoms. The lowest BCUT2D eigenvalue weighted by molar-refractivity contribution is 0.159. The fraction of sp³-hybridized carbons (Fsp3) is 0.267. The summed E-state index contributed by atoms with van der Waals surface area (Å²) in [6, 6.07) is 12.4. The fourth-order valence-electron chi connectivity index (χ4n) is 2.34. The molecule has 101 valence electrons. The molecule has 0 saturated carbocycles. The largest absolute Gasteiger partial charge is 0.484 e. The van der Waals surface area contributed by atoms with Gasteiger partial charge in [-0.1, -0.05) is 6.07 Å². The lowest BCUT2D eigenvalue weighted by atomic mass is 10.1. The molecule has 0 fully saturated rings. The minimum Gasteiger partial charge on any atom is -0.484 e. The summed E-state index contributed by atoms with van der Waals surface area (Å²) in [4.78, 5) is 4.49. The minimum absolute atomic E-state index is 0.138. The number of benzene rings is 1. The Bertz CT molecular complexity index is 645. The maximum atomic E-state index is 5.97. The van der Waals surface area contributed by atoms with Crippen LogP contribution < -0.4 is 19.5 Å². The number of fused-ring (bicyclic) bond motifs is 2. The molecule has 5 heteroatoms. The number of hydrogen-bond acceptors (Lipinski definition) is 5. The highest BCUT2D eigenvalue weighted by Gasteiger charge is 2.24. The van der Waals surface area contributed by atoms with Gasteiger partial charge in [-0.15, -0.1) is 0 Å². The zero-order chi connectivity index (χ0) is 13.4. The van der Waals surface area contributed by atoms with E-state index in [-0.39, 0.29) is 6.10 Å². The van der Waals surface area contributed by atoms with Crippen molar-refractivity contribution in [3.8, 4) is 17.4 Å². The van der Waals surface area contributed by atoms with Crippen molar-refractivity contribution in [1.29, 1.82) is 0 Å². The van der Waals surface area contributed by atoms with Crippen molar-refractivity contribution in [3.05, 3.63) is 42.1 Å². The molecule has 0 spiro atoms. The van der Waals surface area contributed by atoms with Gasteiger partial charge in [0.1, 0.15) is 19.0 Å². The smallest absolute Gasteiger partial charge is 0.257 e. The molecule has 0 saturated heterocycles. The van der Waals surface area contributed by atoms with Crippen LogP contribution >= 0.6 is 0 Å². The van der Waals surface area contributed by atoms with Crippen LogP contribution in [0.4, 0.5) is 5.69 Å². The number of nitrogens with one attached hydrogen (secondary N) is 1. The van der Waals surface area contributed by atoms with Crippen LogP contribution in [0.25, 0.3) is 0 Å². The van der Waals surface area contributed by atoms with Gasteiger partial charge in [-0.2, -0.15) is 0 Å². The first-order valence-electron chi connectivity index (χ1n) is 6.57. The van der Waals surface area contributed by atoms with Crippen molar-refractivity contribution < 1.29 is 14.2 Å². The standard InChI is InChI=1S/C15H13N2O3/c1-2-4-12-10(3-1)16-9-14(20-12)11-5-6-13-15(17-11)19-8-7-18-13/h2-6,14,16H,7-9H2. The molecule has 0 amide bonds. The van der Waals surface area contributed by atoms with E-state index in [1.54, 1.807) is 0 Å². The van der Waals surface area contributed by atoms with E-state index in [0.717, 1.165) is 17.1 Å². The SMILES string of the molecule is [c]1ccc2c(c1)NCC(c1ccc3c(n1)OCCO3)O2. The molecule has 0 bridgehead atoms. The maximum absolute atomic E-state index is 5.97. The van der Waals surface area contributed by atoms with Crippen LogP contribution in [-0.2, 0) is 0 Å². The summed E-state index contributed by atoms with van der Waals surface area (Å²) in [6.07, 6.45) is -0.138. The Morgan fingerprint density at radius 2 is 2.10 bits per heavy atom. The molecule has 0 aliphatic carbocycles. The predicted molar refractivity (Wildman–Crippen MR) is 72.4 cm³/mol. The summed E-state index contributed by atoms with van der Waals surface area (Å²) >= 11 is 0. The van der Waals surface area contributed by atoms with Crippen LogP contribution in [0.15, 0.2) is 30.3 Å². The molecule has 1 radical (unpaired) electrons. The van der Waals surface area contributed by atoms with Gasteiger partial charge in [0.15, 0.2) is 11.9 Å². The van der Waals surface area contributed by atoms with E-state index in [9.17, 15) is 0 Å². The molecule has 1 atom stereocenters. The summed E-state index contributed by atoms with van der Waals surface area (Å²) in [5, 5.41) is 3.32. The number of pyridine rings is 1. The summed E-state index contributed by atoms with van der Waals surface area (Å²) in [5.74, 6) is 2.06. The highest BCUT2D eigenvalue weighted by atomic mass is 16.6. The second kappa shape index (κ2) is 4.59. The van der Waals surface area contributed by atoms with Crippen LogP contribution in [0.1, 0.15) is 11.8 Å². The van der Waals surface area contributed by atoms with Gasteiger partial charge in [0.05, 0.1) is 17.9 Å². The van der Waals surface area contributed by atoms with E-state index >= 15 is 0 Å². The third-order valence-electron chi connectivity index (χ3n) is 3.33. The molecule has 1 unspecified atom stereocenters. The topological polar surface area (TPSA) is 52.6 Å². The molecule has 2 aromatic rings. The second-order valence-electron chi connectivity index (χ2n) is 4.65. The van der Waals surface area contributed by atoms with Crippen LogP contribution in [0.5, 0.6) is 17.4 Å². The molecule has 3 heterocycles. The molecule has 5 nitrogen and oxygen atoms in total. The normalized spacial score (nSPS) is 19.5. The average Bonchev–Trinajstić information content (AvgIpc) is 2.54. The number of ether oxygens (including phenoxy) is 3. The van der Waals surface area contributed by atoms with Gasteiger partial charge in [-0.05, 0) is 30.3 Å². The van der Waals surface area contributed by atoms with Gasteiger partial charge in [0.25, 0.3) is 5.88 Å². The summed E-state index contributed by atoms with van der Waals surface area (Å²) in [5.41, 5.74) is 1.79. The Morgan fingerprint density at radius 1 is 1.15 bits per heavy atom. The average molecular weight is 269 g/mol. The van der Waals surface area contributed by atoms with Crippen LogP contribution in [0.3, 0.4) is 0 Å². The predicted octanol–water partition coefficient (Wildman–Crippen LogP) is 2.20. The minimum atomic E-state index is -0.138. The lowest BCUT2D eigenvalue weighted by Crippen LogP contribution is -2.25. The van der Waals surface area contributed by atoms with Gasteiger partial charge in [-0.25, -0.2) is 4.98 Å². The van der Waals surface area contributed by atoms with Crippen molar-refractivity contribution >= 4 is 5.69 Å². The summed E-state index contributed by atoms with van der Waals surface area (Å²) < 4.78 is 16.9. The van der Waals surface area contributed by atoms with Crippen molar-refractivity contribution in [1.82, 2.24) is 4.98 Å². The summed E-state index contributed by atoms with van der Waals surface area (Å²) in [7, 11) is 0. The number of rotatable bonds is 1. The van der Waals surface area contributed by atoms with E-state index in [0.29, 0.717) is 31.4 Å². The lowest BCUT2D eigenvalue weighted by Gasteiger charge is -2.27. The monoisotopic (exact) mass is 269 g/mol. The first-order chi connectivity index (χ1) is 9.90. The first-order valence-corrected chi connectivity index (χ1v) is 6.57. The van der Waals surface area contributed by atoms with Crippen molar-refractivity contribution in [2.75, 3.05) is 25.1 Å². The number of nitrogens with zero attached hydrogens (tertiary/aromatic N) is 1. The Morgan fingerprint density at radius 3 is 3.10 bits per heavy atom. The van der Waals surface area contributed by atoms with Crippen LogP contribution in [0.2, 0.25) is 0 Å². The Kier molecular flexibility index (Phi) is 2.62. The van der Waals surface area contributed by atoms with Gasteiger partial charge >= 0.3 is 0 Å². The Labute approximate surface area is 116 Å². The van der Waals surface area contributed by atoms with Gasteiger partial charge in [0.2, 0.25) is 0 Å². The third kappa shape index (κ3) is 1.91. The summed E-state index contributed by atoms with van der Waals surface area (Å²) in [6.45, 7) is 1.77. The number of hydrogen-bond donors (Lipinski definition) is 1. The zero-order valence-electron chi connectivity index (χ0n) is 10.8. The zero-order valence-corrected chi connectivity index (χ0v) is 10.8. The van der Waals surface area contributed by atoms with Crippen LogP contribution in [-0.4, -0.2) is 24.7 Å². The van der Waals surface area contributed by atoms with Gasteiger partial charge in [0, 0.05) is 0 Å². The molecule has 1 aromatic heterocycles. The van der Waals surface area contributed by atoms with E-state index in [4.69, 9.17) is 14.2 Å². The second-order valence-corrected chi connectivity index (χ2v) is 4.65. The molecule has 1 aromatic carbocycles. The van der Waals surface area contributed by atoms with E-state index in [2.05, 4.69) is 16.4 Å². The van der Waals surface area contributed by atoms with Gasteiger partial charge in [-0.3, -0.25) is 0 Å². The van der Waals surface area contributed by atoms with Crippen molar-refractivity contribution in [2.24, 2.45) is 0 Å². The van der Waals surface area contributed by atoms with E-state index in [1.807, 2.05) is 30.3 Å². The molecular formula is C15H13N2O3. The fourth-order valence-corrected chi connectivity index (χ4v) is 2.34. The number of aromatic nitrogens is 1. The Hall–Kier alpha value is -2.43. The molecule has 4 rings (SSSR count). The van der Waals surface area contributed by atoms with Crippen LogP contribution in [0, 0.1) is 6.07 Å². The molecule has 1 N–H and O–H groups in total. The highest BCUT2D eigenvalue weighted by molar-refractivity contribution is 5.57. The molecular weight excluding hydrogens is 256 g/mol. The third-order valence-corrected chi connectivity index (χ3v) is 3.33. The Balaban J connectivity index is 1.63. The van der Waals surface area contributed by atoms with Crippen molar-refractivity contribution in [3.63, 3.8) is 0 Å². The van der Waals surface area contributed by atoms with Gasteiger partial charge < -0.3 is 19.5 Å². The van der Waals surface area contributed by atoms with Crippen molar-refractivity contribution in [2.45, 2.75) is 6.10 Å². The first kappa shape index (κ1) is 11.4. The quantitative estimate of drug-likeness (QED) is 0.860. The highest BCUT2D eigenvalue weighted by Crippen LogP contribution is 2.35. The number of anilines is 1. The van der Waals surface area contributed by atoms with E-state index in [1.165, 1.54) is 0 Å². The maximum Gasteiger partial charge on any atom is 0.257 e. The molecule has 2 aliphatic heterocycles. The van der Waals surface area contributed by atoms with E-state index < -0.39 is 0 Å².